The molecule has 0 unspecified atom stereocenters. The fourth-order valence-corrected chi connectivity index (χ4v) is 2.42. The van der Waals surface area contributed by atoms with Gasteiger partial charge in [0.2, 0.25) is 0 Å². The lowest BCUT2D eigenvalue weighted by molar-refractivity contribution is 0.0997. The summed E-state index contributed by atoms with van der Waals surface area (Å²) in [7, 11) is 1.60. The molecule has 5 nitrogen and oxygen atoms in total. The standard InChI is InChI=1S/C13H13N3O2S/c1-18-9-3-2-4-10(6-9)19-13-11(12(15)17)5-8(14)7-16-13/h2-7H,14H2,1H3,(H2,15,17). The van der Waals surface area contributed by atoms with Gasteiger partial charge in [0, 0.05) is 4.90 Å². The highest BCUT2D eigenvalue weighted by atomic mass is 32.2. The number of carbonyl (C=O) groups excluding carboxylic acids is 1. The van der Waals surface area contributed by atoms with Crippen molar-refractivity contribution >= 4 is 23.4 Å². The second kappa shape index (κ2) is 5.62. The van der Waals surface area contributed by atoms with Gasteiger partial charge in [-0.05, 0) is 24.3 Å². The molecule has 6 heteroatoms. The van der Waals surface area contributed by atoms with Crippen LogP contribution in [0.15, 0.2) is 46.5 Å². The Hall–Kier alpha value is -2.21. The summed E-state index contributed by atoms with van der Waals surface area (Å²) >= 11 is 1.33. The lowest BCUT2D eigenvalue weighted by Gasteiger charge is -2.07. The van der Waals surface area contributed by atoms with Crippen LogP contribution in [0.3, 0.4) is 0 Å². The minimum Gasteiger partial charge on any atom is -0.497 e. The summed E-state index contributed by atoms with van der Waals surface area (Å²) in [5, 5.41) is 0.523. The lowest BCUT2D eigenvalue weighted by atomic mass is 10.2. The maximum atomic E-state index is 11.4. The minimum atomic E-state index is -0.551. The molecule has 0 spiro atoms. The third-order valence-electron chi connectivity index (χ3n) is 2.39. The molecule has 2 rings (SSSR count). The first-order valence-corrected chi connectivity index (χ1v) is 6.29. The second-order valence-corrected chi connectivity index (χ2v) is 4.83. The first-order valence-electron chi connectivity index (χ1n) is 5.47. The van der Waals surface area contributed by atoms with E-state index in [0.717, 1.165) is 10.6 Å². The summed E-state index contributed by atoms with van der Waals surface area (Å²) in [6.45, 7) is 0. The summed E-state index contributed by atoms with van der Waals surface area (Å²) < 4.78 is 5.14. The van der Waals surface area contributed by atoms with Crippen molar-refractivity contribution in [1.82, 2.24) is 4.98 Å². The van der Waals surface area contributed by atoms with E-state index in [1.165, 1.54) is 24.0 Å². The molecule has 1 aromatic heterocycles. The van der Waals surface area contributed by atoms with Crippen LogP contribution in [0, 0.1) is 0 Å². The van der Waals surface area contributed by atoms with Crippen molar-refractivity contribution in [2.24, 2.45) is 5.73 Å². The summed E-state index contributed by atoms with van der Waals surface area (Å²) in [5.74, 6) is 0.186. The summed E-state index contributed by atoms with van der Waals surface area (Å²) in [5.41, 5.74) is 11.6. The SMILES string of the molecule is COc1cccc(Sc2ncc(N)cc2C(N)=O)c1. The number of benzene rings is 1. The van der Waals surface area contributed by atoms with Gasteiger partial charge in [-0.15, -0.1) is 0 Å². The molecule has 19 heavy (non-hydrogen) atoms. The maximum Gasteiger partial charge on any atom is 0.251 e. The van der Waals surface area contributed by atoms with Crippen LogP contribution >= 0.6 is 11.8 Å². The molecule has 0 aliphatic heterocycles. The number of aromatic nitrogens is 1. The number of anilines is 1. The van der Waals surface area contributed by atoms with E-state index >= 15 is 0 Å². The van der Waals surface area contributed by atoms with Gasteiger partial charge in [0.05, 0.1) is 24.6 Å². The Morgan fingerprint density at radius 3 is 2.84 bits per heavy atom. The minimum absolute atomic E-state index is 0.313. The number of hydrogen-bond donors (Lipinski definition) is 2. The second-order valence-electron chi connectivity index (χ2n) is 3.77. The summed E-state index contributed by atoms with van der Waals surface area (Å²) in [4.78, 5) is 16.4. The van der Waals surface area contributed by atoms with Crippen LogP contribution in [0.2, 0.25) is 0 Å². The molecule has 0 saturated heterocycles. The fourth-order valence-electron chi connectivity index (χ4n) is 1.50. The number of ether oxygens (including phenoxy) is 1. The first-order chi connectivity index (χ1) is 9.10. The number of carbonyl (C=O) groups is 1. The normalized spacial score (nSPS) is 10.2. The molecule has 98 valence electrons. The zero-order valence-corrected chi connectivity index (χ0v) is 11.1. The molecule has 2 aromatic rings. The Labute approximate surface area is 115 Å². The largest absolute Gasteiger partial charge is 0.497 e. The van der Waals surface area contributed by atoms with Crippen molar-refractivity contribution in [2.75, 3.05) is 12.8 Å². The van der Waals surface area contributed by atoms with Gasteiger partial charge in [0.25, 0.3) is 5.91 Å². The van der Waals surface area contributed by atoms with Crippen molar-refractivity contribution < 1.29 is 9.53 Å². The van der Waals surface area contributed by atoms with Gasteiger partial charge >= 0.3 is 0 Å². The Balaban J connectivity index is 2.34. The third-order valence-corrected chi connectivity index (χ3v) is 3.40. The summed E-state index contributed by atoms with van der Waals surface area (Å²) in [6, 6.07) is 8.99. The van der Waals surface area contributed by atoms with Gasteiger partial charge in [-0.25, -0.2) is 4.98 Å². The van der Waals surface area contributed by atoms with Gasteiger partial charge in [-0.1, -0.05) is 17.8 Å². The van der Waals surface area contributed by atoms with Crippen LogP contribution in [0.1, 0.15) is 10.4 Å². The molecule has 1 heterocycles. The molecule has 0 bridgehead atoms. The Bertz CT molecular complexity index is 617. The van der Waals surface area contributed by atoms with E-state index < -0.39 is 5.91 Å². The predicted molar refractivity (Wildman–Crippen MR) is 74.3 cm³/mol. The van der Waals surface area contributed by atoms with E-state index in [4.69, 9.17) is 16.2 Å². The van der Waals surface area contributed by atoms with Crippen LogP contribution in [0.25, 0.3) is 0 Å². The van der Waals surface area contributed by atoms with Crippen LogP contribution in [0.4, 0.5) is 5.69 Å². The van der Waals surface area contributed by atoms with Crippen molar-refractivity contribution in [2.45, 2.75) is 9.92 Å². The molecule has 0 atom stereocenters. The van der Waals surface area contributed by atoms with Gasteiger partial charge in [0.1, 0.15) is 10.8 Å². The number of amides is 1. The number of nitrogens with zero attached hydrogens (tertiary/aromatic N) is 1. The van der Waals surface area contributed by atoms with E-state index in [1.807, 2.05) is 24.3 Å². The number of primary amides is 1. The molecule has 1 amide bonds. The lowest BCUT2D eigenvalue weighted by Crippen LogP contribution is -2.13. The molecule has 1 aromatic carbocycles. The van der Waals surface area contributed by atoms with Crippen LogP contribution in [0.5, 0.6) is 5.75 Å². The molecule has 0 aliphatic carbocycles. The Kier molecular flexibility index (Phi) is 3.91. The number of methoxy groups -OCH3 is 1. The molecule has 0 radical (unpaired) electrons. The smallest absolute Gasteiger partial charge is 0.251 e. The van der Waals surface area contributed by atoms with E-state index in [0.29, 0.717) is 16.3 Å². The zero-order chi connectivity index (χ0) is 13.8. The Morgan fingerprint density at radius 2 is 2.16 bits per heavy atom. The zero-order valence-electron chi connectivity index (χ0n) is 10.3. The number of nitrogen functional groups attached to an aromatic ring is 1. The maximum absolute atomic E-state index is 11.4. The highest BCUT2D eigenvalue weighted by molar-refractivity contribution is 7.99. The number of nitrogens with two attached hydrogens (primary N) is 2. The van der Waals surface area contributed by atoms with Crippen molar-refractivity contribution in [1.29, 1.82) is 0 Å². The average Bonchev–Trinajstić information content (AvgIpc) is 2.41. The average molecular weight is 275 g/mol. The third kappa shape index (κ3) is 3.17. The quantitative estimate of drug-likeness (QED) is 0.889. The first kappa shape index (κ1) is 13.2. The predicted octanol–water partition coefficient (Wildman–Crippen LogP) is 1.92. The summed E-state index contributed by atoms with van der Waals surface area (Å²) in [6.07, 6.45) is 1.49. The van der Waals surface area contributed by atoms with Gasteiger partial charge < -0.3 is 16.2 Å². The van der Waals surface area contributed by atoms with Gasteiger partial charge in [-0.3, -0.25) is 4.79 Å². The topological polar surface area (TPSA) is 91.2 Å². The number of hydrogen-bond acceptors (Lipinski definition) is 5. The molecule has 4 N–H and O–H groups in total. The van der Waals surface area contributed by atoms with Gasteiger partial charge in [-0.2, -0.15) is 0 Å². The van der Waals surface area contributed by atoms with Crippen LogP contribution in [-0.4, -0.2) is 18.0 Å². The molecular formula is C13H13N3O2S. The highest BCUT2D eigenvalue weighted by Gasteiger charge is 2.12. The van der Waals surface area contributed by atoms with Crippen molar-refractivity contribution in [3.8, 4) is 5.75 Å². The van der Waals surface area contributed by atoms with E-state index in [2.05, 4.69) is 4.98 Å². The van der Waals surface area contributed by atoms with Crippen molar-refractivity contribution in [3.63, 3.8) is 0 Å². The number of pyridine rings is 1. The molecule has 0 fully saturated rings. The number of rotatable bonds is 4. The fraction of sp³-hybridized carbons (Fsp3) is 0.0769. The Morgan fingerprint density at radius 1 is 1.37 bits per heavy atom. The molecular weight excluding hydrogens is 262 g/mol. The van der Waals surface area contributed by atoms with Crippen LogP contribution in [-0.2, 0) is 0 Å². The van der Waals surface area contributed by atoms with Crippen LogP contribution < -0.4 is 16.2 Å². The van der Waals surface area contributed by atoms with E-state index in [9.17, 15) is 4.79 Å². The van der Waals surface area contributed by atoms with Gasteiger partial charge in [0.15, 0.2) is 0 Å². The van der Waals surface area contributed by atoms with E-state index in [-0.39, 0.29) is 0 Å². The highest BCUT2D eigenvalue weighted by Crippen LogP contribution is 2.31. The van der Waals surface area contributed by atoms with E-state index in [1.54, 1.807) is 7.11 Å². The molecule has 0 saturated carbocycles. The molecule has 0 aliphatic rings. The monoisotopic (exact) mass is 275 g/mol. The van der Waals surface area contributed by atoms with Crippen molar-refractivity contribution in [3.05, 3.63) is 42.1 Å².